The second-order valence-electron chi connectivity index (χ2n) is 8.86. The molecule has 0 radical (unpaired) electrons. The highest BCUT2D eigenvalue weighted by atomic mass is 16.6. The molecule has 2 aliphatic rings. The molecule has 0 fully saturated rings. The van der Waals surface area contributed by atoms with Gasteiger partial charge in [0.2, 0.25) is 0 Å². The smallest absolute Gasteiger partial charge is 0.313 e. The first-order chi connectivity index (χ1) is 15.9. The quantitative estimate of drug-likeness (QED) is 0.148. The Balaban J connectivity index is 1.79. The van der Waals surface area contributed by atoms with E-state index in [0.29, 0.717) is 6.42 Å². The molecular formula is C25H28N4O4. The Kier molecular flexibility index (Phi) is 6.67. The van der Waals surface area contributed by atoms with Gasteiger partial charge in [-0.2, -0.15) is 0 Å². The van der Waals surface area contributed by atoms with Crippen LogP contribution in [0.5, 0.6) is 11.5 Å². The van der Waals surface area contributed by atoms with Crippen molar-refractivity contribution in [3.05, 3.63) is 57.5 Å². The SMILES string of the molecule is CC(C)C(=O)Oc1ccc2c(c1OC(=O)CCCN=[N+]=[N-])-c1cccc3c1[C@@H](C2)N(C)CC3. The molecule has 1 heterocycles. The van der Waals surface area contributed by atoms with E-state index in [0.717, 1.165) is 36.1 Å². The van der Waals surface area contributed by atoms with E-state index < -0.39 is 5.97 Å². The van der Waals surface area contributed by atoms with Crippen LogP contribution in [0.25, 0.3) is 21.6 Å². The van der Waals surface area contributed by atoms with Crippen molar-refractivity contribution in [3.63, 3.8) is 0 Å². The molecule has 0 amide bonds. The van der Waals surface area contributed by atoms with Crippen LogP contribution in [0.3, 0.4) is 0 Å². The third-order valence-electron chi connectivity index (χ3n) is 6.29. The zero-order chi connectivity index (χ0) is 23.5. The summed E-state index contributed by atoms with van der Waals surface area (Å²) >= 11 is 0. The summed E-state index contributed by atoms with van der Waals surface area (Å²) in [6.45, 7) is 4.73. The van der Waals surface area contributed by atoms with Crippen LogP contribution in [0.2, 0.25) is 0 Å². The van der Waals surface area contributed by atoms with Gasteiger partial charge in [-0.3, -0.25) is 14.5 Å². The summed E-state index contributed by atoms with van der Waals surface area (Å²) in [4.78, 5) is 30.2. The number of nitrogens with zero attached hydrogens (tertiary/aromatic N) is 4. The lowest BCUT2D eigenvalue weighted by atomic mass is 9.77. The number of esters is 2. The minimum absolute atomic E-state index is 0.0957. The molecule has 33 heavy (non-hydrogen) atoms. The summed E-state index contributed by atoms with van der Waals surface area (Å²) in [6.07, 6.45) is 2.23. The Hall–Kier alpha value is -3.35. The van der Waals surface area contributed by atoms with Crippen LogP contribution in [0.1, 0.15) is 49.4 Å². The number of fused-ring (bicyclic) bond motifs is 2. The fourth-order valence-corrected chi connectivity index (χ4v) is 4.56. The minimum Gasteiger partial charge on any atom is -0.422 e. The average Bonchev–Trinajstić information content (AvgIpc) is 2.80. The number of hydrogen-bond acceptors (Lipinski definition) is 6. The molecule has 0 unspecified atom stereocenters. The number of hydrogen-bond donors (Lipinski definition) is 0. The van der Waals surface area contributed by atoms with Crippen molar-refractivity contribution in [3.8, 4) is 22.6 Å². The van der Waals surface area contributed by atoms with Gasteiger partial charge < -0.3 is 9.47 Å². The van der Waals surface area contributed by atoms with Crippen molar-refractivity contribution >= 4 is 11.9 Å². The molecule has 1 aliphatic carbocycles. The lowest BCUT2D eigenvalue weighted by molar-refractivity contribution is -0.139. The van der Waals surface area contributed by atoms with Crippen LogP contribution < -0.4 is 9.47 Å². The summed E-state index contributed by atoms with van der Waals surface area (Å²) < 4.78 is 11.5. The summed E-state index contributed by atoms with van der Waals surface area (Å²) in [5.41, 5.74) is 13.9. The van der Waals surface area contributed by atoms with Crippen LogP contribution in [-0.4, -0.2) is 37.0 Å². The predicted octanol–water partition coefficient (Wildman–Crippen LogP) is 5.00. The van der Waals surface area contributed by atoms with E-state index >= 15 is 0 Å². The van der Waals surface area contributed by atoms with Gasteiger partial charge >= 0.3 is 11.9 Å². The maximum atomic E-state index is 12.7. The number of benzene rings is 2. The topological polar surface area (TPSA) is 105 Å². The normalized spacial score (nSPS) is 16.4. The molecule has 172 valence electrons. The van der Waals surface area contributed by atoms with Gasteiger partial charge in [0.25, 0.3) is 0 Å². The van der Waals surface area contributed by atoms with E-state index in [1.807, 2.05) is 12.1 Å². The Labute approximate surface area is 193 Å². The molecule has 0 saturated carbocycles. The number of ether oxygens (including phenoxy) is 2. The number of azide groups is 1. The van der Waals surface area contributed by atoms with Crippen molar-refractivity contribution in [2.24, 2.45) is 11.0 Å². The Morgan fingerprint density at radius 3 is 2.79 bits per heavy atom. The molecule has 8 nitrogen and oxygen atoms in total. The van der Waals surface area contributed by atoms with Crippen LogP contribution in [0.15, 0.2) is 35.4 Å². The number of rotatable bonds is 7. The molecule has 1 atom stereocenters. The molecular weight excluding hydrogens is 420 g/mol. The van der Waals surface area contributed by atoms with Crippen molar-refractivity contribution in [2.45, 2.75) is 45.6 Å². The highest BCUT2D eigenvalue weighted by Gasteiger charge is 2.35. The van der Waals surface area contributed by atoms with Crippen molar-refractivity contribution in [2.75, 3.05) is 20.1 Å². The van der Waals surface area contributed by atoms with Gasteiger partial charge in [0, 0.05) is 36.0 Å². The molecule has 2 aromatic rings. The fourth-order valence-electron chi connectivity index (χ4n) is 4.56. The van der Waals surface area contributed by atoms with Crippen LogP contribution in [0, 0.1) is 5.92 Å². The number of carbonyl (C=O) groups is 2. The molecule has 4 rings (SSSR count). The molecule has 1 aliphatic heterocycles. The van der Waals surface area contributed by atoms with Gasteiger partial charge in [-0.25, -0.2) is 0 Å². The standard InChI is InChI=1S/C25H28N4O4/c1-15(2)25(31)32-20-10-9-17-14-19-22-16(11-13-29(19)3)6-4-7-18(22)23(17)24(20)33-21(30)8-5-12-27-28-26/h4,6-7,9-10,15,19H,5,8,11-14H2,1-3H3/t19-/m1/s1. The van der Waals surface area contributed by atoms with E-state index in [9.17, 15) is 9.59 Å². The second-order valence-corrected chi connectivity index (χ2v) is 8.86. The van der Waals surface area contributed by atoms with Crippen LogP contribution in [0.4, 0.5) is 0 Å². The Morgan fingerprint density at radius 2 is 2.03 bits per heavy atom. The van der Waals surface area contributed by atoms with Crippen LogP contribution in [-0.2, 0) is 22.4 Å². The van der Waals surface area contributed by atoms with Crippen molar-refractivity contribution in [1.29, 1.82) is 0 Å². The molecule has 0 N–H and O–H groups in total. The minimum atomic E-state index is -0.456. The Morgan fingerprint density at radius 1 is 1.21 bits per heavy atom. The van der Waals surface area contributed by atoms with E-state index in [2.05, 4.69) is 34.1 Å². The van der Waals surface area contributed by atoms with Crippen LogP contribution >= 0.6 is 0 Å². The molecule has 0 spiro atoms. The van der Waals surface area contributed by atoms with Gasteiger partial charge in [-0.1, -0.05) is 43.2 Å². The summed E-state index contributed by atoms with van der Waals surface area (Å²) in [7, 11) is 2.14. The van der Waals surface area contributed by atoms with E-state index in [4.69, 9.17) is 15.0 Å². The van der Waals surface area contributed by atoms with Gasteiger partial charge in [0.1, 0.15) is 0 Å². The van der Waals surface area contributed by atoms with Crippen molar-refractivity contribution in [1.82, 2.24) is 4.90 Å². The molecule has 8 heteroatoms. The van der Waals surface area contributed by atoms with Gasteiger partial charge in [-0.05, 0) is 60.2 Å². The predicted molar refractivity (Wildman–Crippen MR) is 124 cm³/mol. The van der Waals surface area contributed by atoms with Gasteiger partial charge in [-0.15, -0.1) is 0 Å². The highest BCUT2D eigenvalue weighted by Crippen LogP contribution is 2.51. The molecule has 0 aromatic heterocycles. The first-order valence-corrected chi connectivity index (χ1v) is 11.3. The zero-order valence-corrected chi connectivity index (χ0v) is 19.2. The largest absolute Gasteiger partial charge is 0.422 e. The number of likely N-dealkylation sites (N-methyl/N-ethyl adjacent to an activating group) is 1. The molecule has 0 saturated heterocycles. The van der Waals surface area contributed by atoms with E-state index in [-0.39, 0.29) is 42.4 Å². The molecule has 2 aromatic carbocycles. The Bertz CT molecular complexity index is 1140. The van der Waals surface area contributed by atoms with E-state index in [1.54, 1.807) is 19.9 Å². The lowest BCUT2D eigenvalue weighted by Crippen LogP contribution is -2.35. The third kappa shape index (κ3) is 4.58. The monoisotopic (exact) mass is 448 g/mol. The summed E-state index contributed by atoms with van der Waals surface area (Å²) in [5, 5.41) is 3.47. The lowest BCUT2D eigenvalue weighted by Gasteiger charge is -2.40. The summed E-state index contributed by atoms with van der Waals surface area (Å²) in [6, 6.07) is 10.2. The second kappa shape index (κ2) is 9.65. The molecule has 0 bridgehead atoms. The van der Waals surface area contributed by atoms with Crippen molar-refractivity contribution < 1.29 is 19.1 Å². The maximum absolute atomic E-state index is 12.7. The van der Waals surface area contributed by atoms with Gasteiger partial charge in [0.05, 0.1) is 5.92 Å². The van der Waals surface area contributed by atoms with Gasteiger partial charge in [0.15, 0.2) is 11.5 Å². The fraction of sp³-hybridized carbons (Fsp3) is 0.440. The number of carbonyl (C=O) groups excluding carboxylic acids is 2. The summed E-state index contributed by atoms with van der Waals surface area (Å²) in [5.74, 6) is -0.635. The highest BCUT2D eigenvalue weighted by molar-refractivity contribution is 5.87. The van der Waals surface area contributed by atoms with E-state index in [1.165, 1.54) is 11.1 Å². The maximum Gasteiger partial charge on any atom is 0.313 e. The first kappa shape index (κ1) is 22.8. The zero-order valence-electron chi connectivity index (χ0n) is 19.2. The average molecular weight is 449 g/mol. The third-order valence-corrected chi connectivity index (χ3v) is 6.29. The first-order valence-electron chi connectivity index (χ1n) is 11.3.